The van der Waals surface area contributed by atoms with E-state index >= 15 is 0 Å². The van der Waals surface area contributed by atoms with E-state index < -0.39 is 0 Å². The molecule has 2 heteroatoms. The lowest BCUT2D eigenvalue weighted by Crippen LogP contribution is -2.60. The van der Waals surface area contributed by atoms with Gasteiger partial charge < -0.3 is 4.90 Å². The fraction of sp³-hybridized carbons (Fsp3) is 0.400. The lowest BCUT2D eigenvalue weighted by Gasteiger charge is -2.42. The Labute approximate surface area is 436 Å². The molecule has 0 fully saturated rings. The summed E-state index contributed by atoms with van der Waals surface area (Å²) in [6, 6.07) is 52.6. The summed E-state index contributed by atoms with van der Waals surface area (Å²) >= 11 is 0. The summed E-state index contributed by atoms with van der Waals surface area (Å²) in [6.07, 6.45) is 5.68. The maximum absolute atomic E-state index is 2.73. The Balaban J connectivity index is 1.23. The predicted molar refractivity (Wildman–Crippen MR) is 313 cm³/mol. The first-order valence-corrected chi connectivity index (χ1v) is 27.5. The minimum atomic E-state index is 0.0325. The molecular formula is C70H82BN. The number of para-hydroxylation sites is 2. The van der Waals surface area contributed by atoms with Crippen LogP contribution in [0.4, 0.5) is 17.1 Å². The van der Waals surface area contributed by atoms with Gasteiger partial charge >= 0.3 is 0 Å². The zero-order valence-corrected chi connectivity index (χ0v) is 46.9. The molecule has 1 heterocycles. The van der Waals surface area contributed by atoms with Gasteiger partial charge in [-0.2, -0.15) is 0 Å². The van der Waals surface area contributed by atoms with E-state index in [1.165, 1.54) is 113 Å². The summed E-state index contributed by atoms with van der Waals surface area (Å²) in [5.41, 5.74) is 29.0. The molecule has 7 aromatic carbocycles. The third kappa shape index (κ3) is 8.71. The van der Waals surface area contributed by atoms with Crippen molar-refractivity contribution in [2.24, 2.45) is 0 Å². The van der Waals surface area contributed by atoms with Gasteiger partial charge in [0.15, 0.2) is 0 Å². The number of rotatable bonds is 9. The van der Waals surface area contributed by atoms with Crippen molar-refractivity contribution in [2.75, 3.05) is 4.90 Å². The number of nitrogens with zero attached hydrogens (tertiary/aromatic N) is 1. The molecule has 1 aliphatic heterocycles. The van der Waals surface area contributed by atoms with Crippen molar-refractivity contribution in [1.82, 2.24) is 0 Å². The number of hydrogen-bond donors (Lipinski definition) is 0. The van der Waals surface area contributed by atoms with Crippen LogP contribution in [0.2, 0.25) is 0 Å². The Morgan fingerprint density at radius 1 is 0.528 bits per heavy atom. The molecular weight excluding hydrogens is 866 g/mol. The molecule has 2 atom stereocenters. The molecule has 7 aromatic rings. The van der Waals surface area contributed by atoms with Gasteiger partial charge in [-0.15, -0.1) is 0 Å². The van der Waals surface area contributed by atoms with Gasteiger partial charge in [-0.25, -0.2) is 0 Å². The molecule has 0 bridgehead atoms. The van der Waals surface area contributed by atoms with Gasteiger partial charge in [0.25, 0.3) is 0 Å². The van der Waals surface area contributed by atoms with Crippen LogP contribution < -0.4 is 21.3 Å². The van der Waals surface area contributed by atoms with Gasteiger partial charge in [0.1, 0.15) is 0 Å². The molecule has 370 valence electrons. The van der Waals surface area contributed by atoms with Crippen molar-refractivity contribution in [1.29, 1.82) is 0 Å². The van der Waals surface area contributed by atoms with Crippen molar-refractivity contribution in [3.8, 4) is 0 Å². The zero-order chi connectivity index (χ0) is 51.4. The van der Waals surface area contributed by atoms with Gasteiger partial charge in [-0.1, -0.05) is 208 Å². The van der Waals surface area contributed by atoms with Gasteiger partial charge in [-0.3, -0.25) is 0 Å². The highest BCUT2D eigenvalue weighted by atomic mass is 15.1. The molecule has 0 saturated heterocycles. The van der Waals surface area contributed by atoms with Crippen molar-refractivity contribution in [3.05, 3.63) is 211 Å². The molecule has 2 unspecified atom stereocenters. The summed E-state index contributed by atoms with van der Waals surface area (Å²) in [5, 5.41) is 0. The van der Waals surface area contributed by atoms with E-state index in [4.69, 9.17) is 0 Å². The average molecular weight is 948 g/mol. The smallest absolute Gasteiger partial charge is 0.242 e. The van der Waals surface area contributed by atoms with Gasteiger partial charge in [0.05, 0.1) is 0 Å². The molecule has 0 amide bonds. The Morgan fingerprint density at radius 3 is 1.71 bits per heavy atom. The van der Waals surface area contributed by atoms with Crippen LogP contribution in [0.25, 0.3) is 0 Å². The second-order valence-electron chi connectivity index (χ2n) is 26.5. The van der Waals surface area contributed by atoms with Crippen LogP contribution in [0, 0.1) is 27.7 Å². The van der Waals surface area contributed by atoms with Crippen LogP contribution in [0.1, 0.15) is 198 Å². The Morgan fingerprint density at radius 2 is 1.11 bits per heavy atom. The standard InChI is InChI=1S/C70H82BN/c1-44-35-47(4)65-58(36-44)55(30-27-49-39-60-59(38-45(49)2)67(9,10)33-34-68(60,11)12)56-32-29-53(72(51-23-19-17-20-24-51)52-25-21-18-22-26-52)40-63(56)71(65)64-42-62-61(69(13,14)43-70(62,15)16)41-57(64)48(5)54-31-28-50(37-46(54)3)66(6,7)8/h17-26,28-29,31-32,35-42,48,55H,27,30,33-34,43H2,1-16H3. The van der Waals surface area contributed by atoms with Crippen LogP contribution in [0.3, 0.4) is 0 Å². The summed E-state index contributed by atoms with van der Waals surface area (Å²) in [4.78, 5) is 2.47. The van der Waals surface area contributed by atoms with E-state index in [0.29, 0.717) is 0 Å². The third-order valence-electron chi connectivity index (χ3n) is 18.2. The number of aryl methyl sites for hydroxylation is 5. The molecule has 0 N–H and O–H groups in total. The van der Waals surface area contributed by atoms with Gasteiger partial charge in [0.2, 0.25) is 6.71 Å². The summed E-state index contributed by atoms with van der Waals surface area (Å²) in [5.74, 6) is 0.419. The van der Waals surface area contributed by atoms with Gasteiger partial charge in [0, 0.05) is 28.9 Å². The van der Waals surface area contributed by atoms with Crippen molar-refractivity contribution in [3.63, 3.8) is 0 Å². The first-order valence-electron chi connectivity index (χ1n) is 27.5. The predicted octanol–water partition coefficient (Wildman–Crippen LogP) is 16.7. The first-order chi connectivity index (χ1) is 33.9. The summed E-state index contributed by atoms with van der Waals surface area (Å²) < 4.78 is 0. The Hall–Kier alpha value is -5.60. The molecule has 0 radical (unpaired) electrons. The summed E-state index contributed by atoms with van der Waals surface area (Å²) in [7, 11) is 0. The monoisotopic (exact) mass is 948 g/mol. The largest absolute Gasteiger partial charge is 0.311 e. The maximum Gasteiger partial charge on any atom is 0.242 e. The highest BCUT2D eigenvalue weighted by molar-refractivity contribution is 6.97. The van der Waals surface area contributed by atoms with E-state index in [1.807, 2.05) is 0 Å². The van der Waals surface area contributed by atoms with E-state index in [0.717, 1.165) is 19.3 Å². The van der Waals surface area contributed by atoms with E-state index in [2.05, 4.69) is 249 Å². The topological polar surface area (TPSA) is 3.24 Å². The third-order valence-corrected chi connectivity index (χ3v) is 18.2. The van der Waals surface area contributed by atoms with Crippen LogP contribution in [0.15, 0.2) is 133 Å². The van der Waals surface area contributed by atoms with Crippen molar-refractivity contribution >= 4 is 40.2 Å². The van der Waals surface area contributed by atoms with E-state index in [9.17, 15) is 0 Å². The maximum atomic E-state index is 2.73. The van der Waals surface area contributed by atoms with Crippen molar-refractivity contribution in [2.45, 2.75) is 182 Å². The SMILES string of the molecule is Cc1cc(C)c2c(c1)C(CCc1cc3c(cc1C)C(C)(C)CCC3(C)C)c1ccc(N(c3ccccc3)c3ccccc3)cc1B2c1cc2c(cc1C(C)c1ccc(C(C)(C)C)cc1C)C(C)(C)CC2(C)C. The van der Waals surface area contributed by atoms with E-state index in [-0.39, 0.29) is 45.6 Å². The minimum absolute atomic E-state index is 0.0325. The average Bonchev–Trinajstić information content (AvgIpc) is 3.50. The molecule has 1 nitrogen and oxygen atoms in total. The molecule has 0 saturated carbocycles. The number of anilines is 3. The number of hydrogen-bond acceptors (Lipinski definition) is 1. The fourth-order valence-corrected chi connectivity index (χ4v) is 14.3. The first kappa shape index (κ1) is 50.0. The number of fused-ring (bicyclic) bond motifs is 4. The summed E-state index contributed by atoms with van der Waals surface area (Å²) in [6.45, 7) is 38.9. The van der Waals surface area contributed by atoms with Crippen molar-refractivity contribution < 1.29 is 0 Å². The second kappa shape index (κ2) is 17.8. The minimum Gasteiger partial charge on any atom is -0.311 e. The molecule has 3 aliphatic rings. The Kier molecular flexibility index (Phi) is 12.4. The van der Waals surface area contributed by atoms with Gasteiger partial charge in [-0.05, 0) is 190 Å². The van der Waals surface area contributed by atoms with Crippen LogP contribution in [-0.2, 0) is 33.5 Å². The van der Waals surface area contributed by atoms with E-state index in [1.54, 1.807) is 11.1 Å². The molecule has 10 rings (SSSR count). The normalized spacial score (nSPS) is 18.4. The second-order valence-corrected chi connectivity index (χ2v) is 26.5. The number of benzene rings is 7. The molecule has 72 heavy (non-hydrogen) atoms. The Bertz CT molecular complexity index is 3170. The molecule has 0 aromatic heterocycles. The zero-order valence-electron chi connectivity index (χ0n) is 46.9. The highest BCUT2D eigenvalue weighted by Gasteiger charge is 2.46. The molecule has 2 aliphatic carbocycles. The fourth-order valence-electron chi connectivity index (χ4n) is 14.3. The van der Waals surface area contributed by atoms with Crippen LogP contribution in [0.5, 0.6) is 0 Å². The van der Waals surface area contributed by atoms with Crippen LogP contribution >= 0.6 is 0 Å². The van der Waals surface area contributed by atoms with Crippen LogP contribution in [-0.4, -0.2) is 6.71 Å². The molecule has 0 spiro atoms. The lowest BCUT2D eigenvalue weighted by molar-refractivity contribution is 0.331. The lowest BCUT2D eigenvalue weighted by atomic mass is 9.31. The quantitative estimate of drug-likeness (QED) is 0.130. The highest BCUT2D eigenvalue weighted by Crippen LogP contribution is 2.51.